The SMILES string of the molecule is C=c1[nH]c(=O)/c(=C\c2ccc(OC[C@]3(C)CCc4c(C)c(OCCCCC(=O)OC)c(C)c(C)c4O3)c(C(F)(F)F)c2)s1. The number of hydrogen-bond acceptors (Lipinski definition) is 7. The van der Waals surface area contributed by atoms with Crippen LogP contribution in [0.3, 0.4) is 0 Å². The van der Waals surface area contributed by atoms with Crippen molar-refractivity contribution in [2.45, 2.75) is 71.6 Å². The molecule has 0 saturated heterocycles. The van der Waals surface area contributed by atoms with Gasteiger partial charge in [0.15, 0.2) is 0 Å². The van der Waals surface area contributed by atoms with E-state index < -0.39 is 22.9 Å². The molecule has 0 spiro atoms. The molecule has 7 nitrogen and oxygen atoms in total. The van der Waals surface area contributed by atoms with Crippen molar-refractivity contribution in [3.8, 4) is 17.2 Å². The standard InChI is InChI=1S/C32H36F3NO6S/c1-18-19(2)29-23(20(3)28(18)40-14-8-7-9-27(37)39-6)12-13-31(5,42-29)17-41-25-11-10-22(15-24(25)32(33,34)35)16-26-30(38)36-21(4)43-26/h10-11,15-16H,4,7-9,12-14,17H2,1-3,5-6H3,(H,36,38)/b26-16+/t31-/m0/s1. The molecule has 1 aromatic heterocycles. The minimum absolute atomic E-state index is 0.0932. The normalized spacial score (nSPS) is 16.9. The first-order chi connectivity index (χ1) is 20.2. The van der Waals surface area contributed by atoms with Crippen LogP contribution in [0.25, 0.3) is 12.7 Å². The molecule has 2 heterocycles. The van der Waals surface area contributed by atoms with Gasteiger partial charge in [0.05, 0.1) is 28.5 Å². The highest BCUT2D eigenvalue weighted by molar-refractivity contribution is 7.07. The minimum atomic E-state index is -4.67. The van der Waals surface area contributed by atoms with E-state index in [1.54, 1.807) is 0 Å². The second-order valence-electron chi connectivity index (χ2n) is 11.0. The molecule has 0 radical (unpaired) electrons. The van der Waals surface area contributed by atoms with Gasteiger partial charge in [0.2, 0.25) is 0 Å². The number of fused-ring (bicyclic) bond motifs is 1. The summed E-state index contributed by atoms with van der Waals surface area (Å²) in [6.07, 6.45) is -0.379. The van der Waals surface area contributed by atoms with Crippen LogP contribution in [0, 0.1) is 20.8 Å². The summed E-state index contributed by atoms with van der Waals surface area (Å²) in [6.45, 7) is 11.7. The fourth-order valence-corrected chi connectivity index (χ4v) is 5.85. The van der Waals surface area contributed by atoms with Crippen molar-refractivity contribution < 1.29 is 36.9 Å². The third kappa shape index (κ3) is 7.44. The number of hydrogen-bond donors (Lipinski definition) is 1. The number of benzene rings is 2. The van der Waals surface area contributed by atoms with Crippen molar-refractivity contribution in [3.05, 3.63) is 71.1 Å². The van der Waals surface area contributed by atoms with Crippen LogP contribution in [-0.4, -0.2) is 36.9 Å². The largest absolute Gasteiger partial charge is 0.493 e. The van der Waals surface area contributed by atoms with Crippen molar-refractivity contribution in [2.75, 3.05) is 20.3 Å². The Balaban J connectivity index is 1.50. The number of esters is 1. The van der Waals surface area contributed by atoms with Crippen LogP contribution in [0.1, 0.15) is 66.0 Å². The third-order valence-electron chi connectivity index (χ3n) is 7.66. The van der Waals surface area contributed by atoms with Crippen molar-refractivity contribution in [1.29, 1.82) is 0 Å². The number of thiazole rings is 1. The second kappa shape index (κ2) is 12.9. The van der Waals surface area contributed by atoms with E-state index in [9.17, 15) is 22.8 Å². The van der Waals surface area contributed by atoms with Gasteiger partial charge in [-0.1, -0.05) is 12.6 Å². The third-order valence-corrected chi connectivity index (χ3v) is 8.53. The molecule has 0 saturated carbocycles. The molecule has 1 atom stereocenters. The number of halogens is 3. The van der Waals surface area contributed by atoms with Crippen molar-refractivity contribution in [1.82, 2.24) is 4.98 Å². The summed E-state index contributed by atoms with van der Waals surface area (Å²) in [7, 11) is 1.37. The highest BCUT2D eigenvalue weighted by atomic mass is 32.1. The van der Waals surface area contributed by atoms with Gasteiger partial charge < -0.3 is 23.9 Å². The minimum Gasteiger partial charge on any atom is -0.493 e. The lowest BCUT2D eigenvalue weighted by molar-refractivity contribution is -0.141. The second-order valence-corrected chi connectivity index (χ2v) is 12.1. The zero-order valence-electron chi connectivity index (χ0n) is 25.0. The van der Waals surface area contributed by atoms with Gasteiger partial charge in [-0.05, 0) is 93.8 Å². The number of unbranched alkanes of at least 4 members (excludes halogenated alkanes) is 1. The van der Waals surface area contributed by atoms with Crippen LogP contribution in [-0.2, 0) is 22.1 Å². The van der Waals surface area contributed by atoms with Crippen molar-refractivity contribution in [3.63, 3.8) is 0 Å². The average Bonchev–Trinajstić information content (AvgIpc) is 3.27. The van der Waals surface area contributed by atoms with E-state index in [2.05, 4.69) is 16.3 Å². The van der Waals surface area contributed by atoms with Crippen LogP contribution in [0.2, 0.25) is 0 Å². The molecule has 1 aliphatic rings. The predicted molar refractivity (Wildman–Crippen MR) is 160 cm³/mol. The van der Waals surface area contributed by atoms with E-state index in [4.69, 9.17) is 14.2 Å². The van der Waals surface area contributed by atoms with Crippen molar-refractivity contribution >= 4 is 30.0 Å². The van der Waals surface area contributed by atoms with Gasteiger partial charge in [-0.3, -0.25) is 9.59 Å². The summed E-state index contributed by atoms with van der Waals surface area (Å²) in [5, 5.41) is 0. The highest BCUT2D eigenvalue weighted by Gasteiger charge is 2.38. The molecule has 0 bridgehead atoms. The van der Waals surface area contributed by atoms with Crippen LogP contribution >= 0.6 is 11.3 Å². The number of methoxy groups -OCH3 is 1. The Hall–Kier alpha value is -3.73. The smallest absolute Gasteiger partial charge is 0.419 e. The molecular formula is C32H36F3NO6S. The van der Waals surface area contributed by atoms with E-state index in [0.717, 1.165) is 45.4 Å². The summed E-state index contributed by atoms with van der Waals surface area (Å²) in [5.41, 5.74) is 1.84. The Morgan fingerprint density at radius 2 is 1.91 bits per heavy atom. The van der Waals surface area contributed by atoms with E-state index in [1.165, 1.54) is 25.3 Å². The number of rotatable bonds is 10. The van der Waals surface area contributed by atoms with Gasteiger partial charge in [0.25, 0.3) is 5.56 Å². The molecule has 0 fully saturated rings. The number of ether oxygens (including phenoxy) is 4. The number of aromatic amines is 1. The van der Waals surface area contributed by atoms with Crippen molar-refractivity contribution in [2.24, 2.45) is 0 Å². The number of carbonyl (C=O) groups is 1. The Bertz CT molecular complexity index is 1680. The number of carbonyl (C=O) groups excluding carboxylic acids is 1. The quantitative estimate of drug-likeness (QED) is 0.238. The van der Waals surface area contributed by atoms with E-state index in [-0.39, 0.29) is 28.4 Å². The van der Waals surface area contributed by atoms with Crippen LogP contribution in [0.4, 0.5) is 13.2 Å². The zero-order chi connectivity index (χ0) is 31.5. The summed E-state index contributed by atoms with van der Waals surface area (Å²) >= 11 is 1.07. The summed E-state index contributed by atoms with van der Waals surface area (Å²) in [5.74, 6) is 0.947. The first kappa shape index (κ1) is 32.2. The molecule has 0 unspecified atom stereocenters. The summed E-state index contributed by atoms with van der Waals surface area (Å²) in [6, 6.07) is 3.74. The molecule has 4 rings (SSSR count). The average molecular weight is 620 g/mol. The fraction of sp³-hybridized carbons (Fsp3) is 0.438. The first-order valence-electron chi connectivity index (χ1n) is 14.0. The topological polar surface area (TPSA) is 86.9 Å². The maximum atomic E-state index is 14.0. The van der Waals surface area contributed by atoms with Gasteiger partial charge in [0.1, 0.15) is 29.5 Å². The van der Waals surface area contributed by atoms with Crippen LogP contribution in [0.15, 0.2) is 23.0 Å². The van der Waals surface area contributed by atoms with Crippen LogP contribution in [0.5, 0.6) is 17.2 Å². The van der Waals surface area contributed by atoms with Crippen LogP contribution < -0.4 is 29.0 Å². The number of H-pyrrole nitrogens is 1. The summed E-state index contributed by atoms with van der Waals surface area (Å²) < 4.78 is 65.8. The monoisotopic (exact) mass is 619 g/mol. The Morgan fingerprint density at radius 1 is 1.16 bits per heavy atom. The molecule has 0 aliphatic carbocycles. The van der Waals surface area contributed by atoms with Gasteiger partial charge in [-0.2, -0.15) is 13.2 Å². The zero-order valence-corrected chi connectivity index (χ0v) is 25.8. The fourth-order valence-electron chi connectivity index (χ4n) is 5.10. The van der Waals surface area contributed by atoms with E-state index in [0.29, 0.717) is 49.1 Å². The van der Waals surface area contributed by atoms with E-state index >= 15 is 0 Å². The van der Waals surface area contributed by atoms with Gasteiger partial charge in [0, 0.05) is 12.0 Å². The molecule has 1 aliphatic heterocycles. The highest BCUT2D eigenvalue weighted by Crippen LogP contribution is 2.44. The molecule has 0 amide bonds. The molecular weight excluding hydrogens is 583 g/mol. The van der Waals surface area contributed by atoms with Gasteiger partial charge in [-0.25, -0.2) is 0 Å². The Kier molecular flexibility index (Phi) is 9.63. The molecule has 1 N–H and O–H groups in total. The number of aromatic nitrogens is 1. The lowest BCUT2D eigenvalue weighted by Crippen LogP contribution is -2.42. The molecule has 11 heteroatoms. The first-order valence-corrected chi connectivity index (χ1v) is 14.8. The summed E-state index contributed by atoms with van der Waals surface area (Å²) in [4.78, 5) is 25.8. The maximum Gasteiger partial charge on any atom is 0.419 e. The lowest BCUT2D eigenvalue weighted by atomic mass is 9.87. The Morgan fingerprint density at radius 3 is 2.56 bits per heavy atom. The number of alkyl halides is 3. The van der Waals surface area contributed by atoms with E-state index in [1.807, 2.05) is 27.7 Å². The Labute approximate surface area is 251 Å². The molecule has 232 valence electrons. The lowest BCUT2D eigenvalue weighted by Gasteiger charge is -2.38. The molecule has 43 heavy (non-hydrogen) atoms. The molecule has 2 aromatic carbocycles. The van der Waals surface area contributed by atoms with Gasteiger partial charge >= 0.3 is 12.1 Å². The molecule has 3 aromatic rings. The predicted octanol–water partition coefficient (Wildman–Crippen LogP) is 5.50. The van der Waals surface area contributed by atoms with Gasteiger partial charge in [-0.15, -0.1) is 11.3 Å². The number of nitrogens with one attached hydrogen (secondary N) is 1. The maximum absolute atomic E-state index is 14.0.